The molecule has 15 nitrogen and oxygen atoms in total. The van der Waals surface area contributed by atoms with Gasteiger partial charge in [-0.3, -0.25) is 28.0 Å². The van der Waals surface area contributed by atoms with Crippen LogP contribution >= 0.6 is 7.60 Å². The van der Waals surface area contributed by atoms with E-state index < -0.39 is 56.3 Å². The number of ether oxygens (including phenoxy) is 3. The molecule has 0 spiro atoms. The molecule has 0 aliphatic rings. The molecule has 0 fully saturated rings. The van der Waals surface area contributed by atoms with E-state index in [0.717, 1.165) is 12.8 Å². The van der Waals surface area contributed by atoms with Gasteiger partial charge in [-0.25, -0.2) is 15.0 Å². The van der Waals surface area contributed by atoms with Crippen molar-refractivity contribution in [1.29, 1.82) is 0 Å². The van der Waals surface area contributed by atoms with Gasteiger partial charge in [0.05, 0.1) is 23.8 Å². The fourth-order valence-electron chi connectivity index (χ4n) is 4.56. The van der Waals surface area contributed by atoms with Gasteiger partial charge in [-0.05, 0) is 48.0 Å². The van der Waals surface area contributed by atoms with Crippen LogP contribution in [-0.4, -0.2) is 69.1 Å². The summed E-state index contributed by atoms with van der Waals surface area (Å²) in [4.78, 5) is 46.3. The second-order valence-corrected chi connectivity index (χ2v) is 16.8. The number of nitrogen functional groups attached to an aromatic ring is 1. The SMILES string of the molecule is CC(C)(C)C(=O)OCOP(=O)(COCCn1cnc2c(N)ncnc21)OCOC(=O)C(C)(C)C.CCCCCCCCCCCCCCCC(=O)O. The first kappa shape index (κ1) is 46.9. The van der Waals surface area contributed by atoms with Crippen molar-refractivity contribution in [2.24, 2.45) is 10.8 Å². The zero-order chi connectivity index (χ0) is 39.0. The number of carboxylic acids is 1. The highest BCUT2D eigenvalue weighted by Crippen LogP contribution is 2.48. The van der Waals surface area contributed by atoms with E-state index in [9.17, 15) is 18.9 Å². The number of hydrogen-bond donors (Lipinski definition) is 2. The minimum absolute atomic E-state index is 0.0929. The second-order valence-electron chi connectivity index (χ2n) is 14.8. The zero-order valence-electron chi connectivity index (χ0n) is 32.5. The molecule has 0 atom stereocenters. The van der Waals surface area contributed by atoms with E-state index in [1.54, 1.807) is 46.1 Å². The summed E-state index contributed by atoms with van der Waals surface area (Å²) in [5, 5.41) is 8.49. The minimum atomic E-state index is -3.95. The summed E-state index contributed by atoms with van der Waals surface area (Å²) in [6.07, 6.45) is 19.6. The van der Waals surface area contributed by atoms with Gasteiger partial charge >= 0.3 is 25.5 Å². The molecule has 0 radical (unpaired) electrons. The highest BCUT2D eigenvalue weighted by atomic mass is 31.2. The van der Waals surface area contributed by atoms with Crippen LogP contribution in [0.4, 0.5) is 5.82 Å². The molecule has 0 aliphatic heterocycles. The van der Waals surface area contributed by atoms with Gasteiger partial charge in [-0.1, -0.05) is 84.0 Å². The highest BCUT2D eigenvalue weighted by Gasteiger charge is 2.30. The summed E-state index contributed by atoms with van der Waals surface area (Å²) < 4.78 is 40.7. The number of fused-ring (bicyclic) bond motifs is 1. The number of unbranched alkanes of at least 4 members (excludes halogenated alkanes) is 12. The fourth-order valence-corrected chi connectivity index (χ4v) is 5.56. The van der Waals surface area contributed by atoms with E-state index in [-0.39, 0.29) is 12.4 Å². The number of nitrogens with two attached hydrogens (primary N) is 1. The summed E-state index contributed by atoms with van der Waals surface area (Å²) in [6.45, 7) is 11.4. The van der Waals surface area contributed by atoms with Crippen LogP contribution in [0, 0.1) is 10.8 Å². The molecular weight excluding hydrogens is 693 g/mol. The van der Waals surface area contributed by atoms with Crippen molar-refractivity contribution in [3.8, 4) is 0 Å². The van der Waals surface area contributed by atoms with Gasteiger partial charge in [-0.15, -0.1) is 0 Å². The van der Waals surface area contributed by atoms with Gasteiger partial charge in [-0.2, -0.15) is 0 Å². The number of aliphatic carboxylic acids is 1. The molecule has 298 valence electrons. The molecule has 2 aromatic heterocycles. The Labute approximate surface area is 309 Å². The van der Waals surface area contributed by atoms with Crippen LogP contribution in [0.1, 0.15) is 138 Å². The van der Waals surface area contributed by atoms with Crippen molar-refractivity contribution in [1.82, 2.24) is 19.5 Å². The monoisotopic (exact) mass is 757 g/mol. The molecule has 0 saturated carbocycles. The normalized spacial score (nSPS) is 12.0. The van der Waals surface area contributed by atoms with Crippen molar-refractivity contribution in [3.63, 3.8) is 0 Å². The third-order valence-corrected chi connectivity index (χ3v) is 9.25. The number of carbonyl (C=O) groups excluding carboxylic acids is 2. The van der Waals surface area contributed by atoms with E-state index in [2.05, 4.69) is 21.9 Å². The van der Waals surface area contributed by atoms with E-state index >= 15 is 0 Å². The summed E-state index contributed by atoms with van der Waals surface area (Å²) in [6, 6.07) is 0. The van der Waals surface area contributed by atoms with Crippen LogP contribution in [0.3, 0.4) is 0 Å². The molecule has 16 heteroatoms. The van der Waals surface area contributed by atoms with E-state index in [1.807, 2.05) is 0 Å². The number of nitrogens with zero attached hydrogens (tertiary/aromatic N) is 4. The lowest BCUT2D eigenvalue weighted by Gasteiger charge is -2.22. The Balaban J connectivity index is 0.000000636. The molecular formula is C36H64N5O10P. The molecule has 0 unspecified atom stereocenters. The summed E-state index contributed by atoms with van der Waals surface area (Å²) >= 11 is 0. The highest BCUT2D eigenvalue weighted by molar-refractivity contribution is 7.53. The number of aromatic nitrogens is 4. The van der Waals surface area contributed by atoms with Crippen LogP contribution < -0.4 is 5.73 Å². The van der Waals surface area contributed by atoms with Crippen molar-refractivity contribution in [3.05, 3.63) is 12.7 Å². The first-order valence-corrected chi connectivity index (χ1v) is 20.2. The summed E-state index contributed by atoms with van der Waals surface area (Å²) in [5.74, 6) is -1.50. The maximum atomic E-state index is 13.1. The lowest BCUT2D eigenvalue weighted by atomic mass is 9.98. The van der Waals surface area contributed by atoms with Crippen LogP contribution in [0.2, 0.25) is 0 Å². The van der Waals surface area contributed by atoms with E-state index in [0.29, 0.717) is 24.1 Å². The molecule has 3 N–H and O–H groups in total. The first-order chi connectivity index (χ1) is 24.5. The maximum absolute atomic E-state index is 13.1. The topological polar surface area (TPSA) is 204 Å². The molecule has 2 rings (SSSR count). The van der Waals surface area contributed by atoms with Gasteiger partial charge in [0.15, 0.2) is 11.5 Å². The molecule has 0 bridgehead atoms. The predicted molar refractivity (Wildman–Crippen MR) is 199 cm³/mol. The molecule has 0 aromatic carbocycles. The molecule has 2 aromatic rings. The largest absolute Gasteiger partial charge is 0.481 e. The zero-order valence-corrected chi connectivity index (χ0v) is 33.4. The molecule has 0 saturated heterocycles. The first-order valence-electron chi connectivity index (χ1n) is 18.4. The average Bonchev–Trinajstić information content (AvgIpc) is 3.49. The second kappa shape index (κ2) is 25.0. The van der Waals surface area contributed by atoms with Gasteiger partial charge in [0.2, 0.25) is 13.6 Å². The summed E-state index contributed by atoms with van der Waals surface area (Å²) in [7, 11) is -3.95. The number of esters is 2. The fraction of sp³-hybridized carbons (Fsp3) is 0.778. The average molecular weight is 758 g/mol. The number of rotatable bonds is 25. The van der Waals surface area contributed by atoms with Crippen LogP contribution in [0.5, 0.6) is 0 Å². The minimum Gasteiger partial charge on any atom is -0.481 e. The Morgan fingerprint density at radius 1 is 0.769 bits per heavy atom. The smallest absolute Gasteiger partial charge is 0.361 e. The van der Waals surface area contributed by atoms with Gasteiger partial charge in [0.1, 0.15) is 18.2 Å². The van der Waals surface area contributed by atoms with Crippen molar-refractivity contribution >= 4 is 42.5 Å². The van der Waals surface area contributed by atoms with Crippen molar-refractivity contribution in [2.45, 2.75) is 145 Å². The Morgan fingerprint density at radius 2 is 1.25 bits per heavy atom. The van der Waals surface area contributed by atoms with Crippen molar-refractivity contribution in [2.75, 3.05) is 32.3 Å². The number of carboxylic acid groups (broad SMARTS) is 1. The molecule has 2 heterocycles. The van der Waals surface area contributed by atoms with Crippen LogP contribution in [0.25, 0.3) is 11.2 Å². The Bertz CT molecular complexity index is 1340. The molecule has 52 heavy (non-hydrogen) atoms. The number of imidazole rings is 1. The Hall–Kier alpha value is -3.13. The van der Waals surface area contributed by atoms with Crippen LogP contribution in [0.15, 0.2) is 12.7 Å². The molecule has 0 amide bonds. The number of anilines is 1. The standard InChI is InChI=1S/C20H32N5O8P.C16H32O2/c1-19(2,3)17(26)30-11-32-34(28,33-12-31-18(27)20(4,5)6)13-29-8-7-25-10-24-14-15(21)22-9-23-16(14)25;1-2-3-4-5-6-7-8-9-10-11-12-13-14-15-16(17)18/h9-10H,7-8,11-13H2,1-6H3,(H2,21,22,23);2-15H2,1H3,(H,17,18). The predicted octanol–water partition coefficient (Wildman–Crippen LogP) is 8.25. The Morgan fingerprint density at radius 3 is 1.71 bits per heavy atom. The number of hydrogen-bond acceptors (Lipinski definition) is 13. The van der Waals surface area contributed by atoms with E-state index in [1.165, 1.54) is 83.3 Å². The lowest BCUT2D eigenvalue weighted by Crippen LogP contribution is -2.25. The Kier molecular flexibility index (Phi) is 22.5. The molecule has 0 aliphatic carbocycles. The third kappa shape index (κ3) is 20.8. The maximum Gasteiger partial charge on any atom is 0.361 e. The van der Waals surface area contributed by atoms with E-state index in [4.69, 9.17) is 34.1 Å². The quantitative estimate of drug-likeness (QED) is 0.0424. The lowest BCUT2D eigenvalue weighted by molar-refractivity contribution is -0.162. The van der Waals surface area contributed by atoms with Gasteiger partial charge < -0.3 is 29.6 Å². The van der Waals surface area contributed by atoms with Gasteiger partial charge in [0, 0.05) is 13.0 Å². The summed E-state index contributed by atoms with van der Waals surface area (Å²) in [5.41, 5.74) is 5.21. The third-order valence-electron chi connectivity index (χ3n) is 7.75. The van der Waals surface area contributed by atoms with Crippen molar-refractivity contribution < 1.29 is 47.3 Å². The van der Waals surface area contributed by atoms with Gasteiger partial charge in [0.25, 0.3) is 0 Å². The van der Waals surface area contributed by atoms with Crippen LogP contribution in [-0.2, 0) is 48.8 Å². The number of carbonyl (C=O) groups is 3.